The van der Waals surface area contributed by atoms with Crippen molar-refractivity contribution in [2.24, 2.45) is 0 Å². The third kappa shape index (κ3) is 2.05. The quantitative estimate of drug-likeness (QED) is 0.861. The molecule has 0 bridgehead atoms. The molecule has 4 heteroatoms. The number of hydrogen-bond acceptors (Lipinski definition) is 2. The molecular weight excluding hydrogens is 242 g/mol. The van der Waals surface area contributed by atoms with E-state index in [1.807, 2.05) is 42.5 Å². The average molecular weight is 255 g/mol. The summed E-state index contributed by atoms with van der Waals surface area (Å²) >= 11 is 0. The van der Waals surface area contributed by atoms with Crippen molar-refractivity contribution in [3.63, 3.8) is 0 Å². The Morgan fingerprint density at radius 2 is 1.89 bits per heavy atom. The fraction of sp³-hybridized carbons (Fsp3) is 0.200. The summed E-state index contributed by atoms with van der Waals surface area (Å²) in [6, 6.07) is 12.9. The van der Waals surface area contributed by atoms with E-state index in [1.165, 1.54) is 0 Å². The van der Waals surface area contributed by atoms with Crippen molar-refractivity contribution in [3.8, 4) is 0 Å². The first kappa shape index (κ1) is 11.7. The minimum absolute atomic E-state index is 0.203. The Morgan fingerprint density at radius 3 is 2.63 bits per heavy atom. The zero-order valence-corrected chi connectivity index (χ0v) is 10.2. The molecule has 0 aliphatic carbocycles. The summed E-state index contributed by atoms with van der Waals surface area (Å²) in [5.74, 6) is -1.48. The van der Waals surface area contributed by atoms with E-state index in [1.54, 1.807) is 0 Å². The summed E-state index contributed by atoms with van der Waals surface area (Å²) in [4.78, 5) is 22.6. The Kier molecular flexibility index (Phi) is 2.71. The maximum absolute atomic E-state index is 11.4. The zero-order valence-electron chi connectivity index (χ0n) is 10.2. The van der Waals surface area contributed by atoms with E-state index in [4.69, 9.17) is 5.11 Å². The average Bonchev–Trinajstić information content (AvgIpc) is 2.80. The van der Waals surface area contributed by atoms with Gasteiger partial charge in [-0.3, -0.25) is 4.79 Å². The Morgan fingerprint density at radius 1 is 1.16 bits per heavy atom. The molecule has 1 saturated heterocycles. The molecule has 4 nitrogen and oxygen atoms in total. The number of hydrogen-bond donors (Lipinski definition) is 2. The van der Waals surface area contributed by atoms with Gasteiger partial charge in [-0.05, 0) is 16.3 Å². The van der Waals surface area contributed by atoms with Crippen molar-refractivity contribution >= 4 is 22.6 Å². The lowest BCUT2D eigenvalue weighted by molar-refractivity contribution is -0.140. The van der Waals surface area contributed by atoms with Crippen LogP contribution >= 0.6 is 0 Å². The van der Waals surface area contributed by atoms with Crippen molar-refractivity contribution in [1.82, 2.24) is 5.32 Å². The number of aliphatic carboxylic acids is 1. The Bertz CT molecular complexity index is 665. The standard InChI is InChI=1S/C15H13NO3/c17-13-8-12(14(16-13)15(18)19)11-6-5-9-3-1-2-4-10(9)7-11/h1-7,12,14H,8H2,(H,16,17)(H,18,19). The molecule has 0 aromatic heterocycles. The fourth-order valence-corrected chi connectivity index (χ4v) is 2.63. The molecule has 0 radical (unpaired) electrons. The maximum atomic E-state index is 11.4. The molecule has 1 fully saturated rings. The number of carboxylic acid groups (broad SMARTS) is 1. The van der Waals surface area contributed by atoms with Crippen LogP contribution in [0.4, 0.5) is 0 Å². The summed E-state index contributed by atoms with van der Waals surface area (Å²) in [5.41, 5.74) is 0.893. The topological polar surface area (TPSA) is 66.4 Å². The second kappa shape index (κ2) is 4.39. The van der Waals surface area contributed by atoms with Crippen molar-refractivity contribution in [2.75, 3.05) is 0 Å². The molecule has 3 rings (SSSR count). The molecule has 2 aromatic carbocycles. The lowest BCUT2D eigenvalue weighted by Crippen LogP contribution is -2.36. The number of rotatable bonds is 2. The summed E-state index contributed by atoms with van der Waals surface area (Å²) in [7, 11) is 0. The highest BCUT2D eigenvalue weighted by atomic mass is 16.4. The van der Waals surface area contributed by atoms with E-state index in [0.717, 1.165) is 16.3 Å². The number of carbonyl (C=O) groups is 2. The monoisotopic (exact) mass is 255 g/mol. The molecule has 1 aliphatic heterocycles. The third-order valence-corrected chi connectivity index (χ3v) is 3.59. The van der Waals surface area contributed by atoms with Crippen LogP contribution in [-0.2, 0) is 9.59 Å². The molecule has 96 valence electrons. The molecule has 19 heavy (non-hydrogen) atoms. The molecule has 2 unspecified atom stereocenters. The number of carboxylic acids is 1. The van der Waals surface area contributed by atoms with Crippen molar-refractivity contribution < 1.29 is 14.7 Å². The van der Waals surface area contributed by atoms with Gasteiger partial charge in [-0.1, -0.05) is 42.5 Å². The SMILES string of the molecule is O=C1CC(c2ccc3ccccc3c2)C(C(=O)O)N1. The molecule has 2 aromatic rings. The summed E-state index contributed by atoms with van der Waals surface area (Å²) in [6.45, 7) is 0. The molecule has 1 aliphatic rings. The Balaban J connectivity index is 2.03. The number of nitrogens with one attached hydrogen (secondary N) is 1. The number of carbonyl (C=O) groups excluding carboxylic acids is 1. The summed E-state index contributed by atoms with van der Waals surface area (Å²) in [6.07, 6.45) is 0.231. The van der Waals surface area contributed by atoms with E-state index in [9.17, 15) is 9.59 Å². The van der Waals surface area contributed by atoms with Crippen LogP contribution in [0.25, 0.3) is 10.8 Å². The van der Waals surface area contributed by atoms with Gasteiger partial charge in [0.05, 0.1) is 0 Å². The molecule has 0 saturated carbocycles. The van der Waals surface area contributed by atoms with Crippen LogP contribution in [-0.4, -0.2) is 23.0 Å². The van der Waals surface area contributed by atoms with Gasteiger partial charge in [0, 0.05) is 12.3 Å². The van der Waals surface area contributed by atoms with Gasteiger partial charge in [-0.2, -0.15) is 0 Å². The molecule has 2 N–H and O–H groups in total. The van der Waals surface area contributed by atoms with Crippen LogP contribution in [0.15, 0.2) is 42.5 Å². The highest BCUT2D eigenvalue weighted by Gasteiger charge is 2.38. The number of fused-ring (bicyclic) bond motifs is 1. The first-order valence-electron chi connectivity index (χ1n) is 6.16. The largest absolute Gasteiger partial charge is 0.480 e. The van der Waals surface area contributed by atoms with Gasteiger partial charge in [0.1, 0.15) is 6.04 Å². The second-order valence-electron chi connectivity index (χ2n) is 4.80. The van der Waals surface area contributed by atoms with Gasteiger partial charge in [0.15, 0.2) is 0 Å². The number of benzene rings is 2. The summed E-state index contributed by atoms with van der Waals surface area (Å²) < 4.78 is 0. The van der Waals surface area contributed by atoms with E-state index < -0.39 is 12.0 Å². The predicted molar refractivity (Wildman–Crippen MR) is 70.9 cm³/mol. The molecule has 0 spiro atoms. The molecule has 1 heterocycles. The van der Waals surface area contributed by atoms with E-state index >= 15 is 0 Å². The lowest BCUT2D eigenvalue weighted by atomic mass is 9.90. The molecule has 1 amide bonds. The number of amides is 1. The van der Waals surface area contributed by atoms with E-state index in [-0.39, 0.29) is 18.2 Å². The van der Waals surface area contributed by atoms with E-state index in [0.29, 0.717) is 0 Å². The highest BCUT2D eigenvalue weighted by Crippen LogP contribution is 2.30. The summed E-state index contributed by atoms with van der Waals surface area (Å²) in [5, 5.41) is 13.8. The highest BCUT2D eigenvalue weighted by molar-refractivity contribution is 5.90. The normalized spacial score (nSPS) is 22.4. The maximum Gasteiger partial charge on any atom is 0.326 e. The molecule has 2 atom stereocenters. The predicted octanol–water partition coefficient (Wildman–Crippen LogP) is 1.90. The third-order valence-electron chi connectivity index (χ3n) is 3.59. The van der Waals surface area contributed by atoms with Crippen LogP contribution in [0.5, 0.6) is 0 Å². The van der Waals surface area contributed by atoms with Gasteiger partial charge in [-0.25, -0.2) is 4.79 Å². The van der Waals surface area contributed by atoms with Gasteiger partial charge >= 0.3 is 5.97 Å². The smallest absolute Gasteiger partial charge is 0.326 e. The van der Waals surface area contributed by atoms with E-state index in [2.05, 4.69) is 5.32 Å². The zero-order chi connectivity index (χ0) is 13.4. The van der Waals surface area contributed by atoms with Crippen LogP contribution in [0.3, 0.4) is 0 Å². The fourth-order valence-electron chi connectivity index (χ4n) is 2.63. The van der Waals surface area contributed by atoms with Crippen LogP contribution in [0, 0.1) is 0 Å². The van der Waals surface area contributed by atoms with Crippen molar-refractivity contribution in [3.05, 3.63) is 48.0 Å². The van der Waals surface area contributed by atoms with Gasteiger partial charge in [0.2, 0.25) is 5.91 Å². The minimum atomic E-state index is -0.982. The first-order chi connectivity index (χ1) is 9.15. The van der Waals surface area contributed by atoms with Gasteiger partial charge in [0.25, 0.3) is 0 Å². The van der Waals surface area contributed by atoms with Crippen molar-refractivity contribution in [1.29, 1.82) is 0 Å². The van der Waals surface area contributed by atoms with Crippen LogP contribution < -0.4 is 5.32 Å². The van der Waals surface area contributed by atoms with Crippen LogP contribution in [0.2, 0.25) is 0 Å². The van der Waals surface area contributed by atoms with Gasteiger partial charge in [-0.15, -0.1) is 0 Å². The lowest BCUT2D eigenvalue weighted by Gasteiger charge is -2.15. The van der Waals surface area contributed by atoms with Crippen molar-refractivity contribution in [2.45, 2.75) is 18.4 Å². The Labute approximate surface area is 110 Å². The molecular formula is C15H13NO3. The van der Waals surface area contributed by atoms with Crippen LogP contribution in [0.1, 0.15) is 17.9 Å². The Hall–Kier alpha value is -2.36. The van der Waals surface area contributed by atoms with Gasteiger partial charge < -0.3 is 10.4 Å². The minimum Gasteiger partial charge on any atom is -0.480 e. The first-order valence-corrected chi connectivity index (χ1v) is 6.16. The second-order valence-corrected chi connectivity index (χ2v) is 4.80.